The number of rotatable bonds is 3. The van der Waals surface area contributed by atoms with E-state index in [0.29, 0.717) is 16.3 Å². The molecule has 2 amide bonds. The van der Waals surface area contributed by atoms with Crippen molar-refractivity contribution in [1.29, 1.82) is 0 Å². The van der Waals surface area contributed by atoms with E-state index in [2.05, 4.69) is 5.32 Å². The number of aryl methyl sites for hydroxylation is 1. The van der Waals surface area contributed by atoms with E-state index in [0.717, 1.165) is 11.1 Å². The highest BCUT2D eigenvalue weighted by Gasteiger charge is 2.43. The number of amides is 2. The van der Waals surface area contributed by atoms with Crippen LogP contribution in [0.15, 0.2) is 48.5 Å². The molecule has 0 radical (unpaired) electrons. The zero-order valence-corrected chi connectivity index (χ0v) is 18.1. The fourth-order valence-corrected chi connectivity index (χ4v) is 4.90. The molecule has 0 aliphatic carbocycles. The summed E-state index contributed by atoms with van der Waals surface area (Å²) in [4.78, 5) is 28.2. The van der Waals surface area contributed by atoms with Gasteiger partial charge in [-0.3, -0.25) is 9.59 Å². The van der Waals surface area contributed by atoms with Gasteiger partial charge in [0.25, 0.3) is 5.91 Å². The molecule has 1 N–H and O–H groups in total. The Balaban J connectivity index is 2.00. The Hall–Kier alpha value is -1.98. The van der Waals surface area contributed by atoms with Crippen molar-refractivity contribution >= 4 is 35.2 Å². The highest BCUT2D eigenvalue weighted by Crippen LogP contribution is 2.43. The Kier molecular flexibility index (Phi) is 6.06. The number of nitrogens with zero attached hydrogens (tertiary/aromatic N) is 1. The van der Waals surface area contributed by atoms with Crippen LogP contribution in [0.5, 0.6) is 0 Å². The molecule has 0 saturated carbocycles. The van der Waals surface area contributed by atoms with Crippen LogP contribution in [0.3, 0.4) is 0 Å². The summed E-state index contributed by atoms with van der Waals surface area (Å²) in [5.74, 6) is 0.269. The molecule has 0 spiro atoms. The number of carbonyl (C=O) groups excluding carboxylic acids is 2. The minimum absolute atomic E-state index is 0.133. The van der Waals surface area contributed by atoms with E-state index in [4.69, 9.17) is 11.6 Å². The summed E-state index contributed by atoms with van der Waals surface area (Å²) in [6.45, 7) is 7.73. The Morgan fingerprint density at radius 2 is 1.86 bits per heavy atom. The van der Waals surface area contributed by atoms with Crippen LogP contribution in [0.25, 0.3) is 0 Å². The highest BCUT2D eigenvalue weighted by atomic mass is 35.5. The molecule has 0 unspecified atom stereocenters. The number of carbonyl (C=O) groups is 2. The molecule has 1 fully saturated rings. The summed E-state index contributed by atoms with van der Waals surface area (Å²) in [5.41, 5.74) is 2.06. The summed E-state index contributed by atoms with van der Waals surface area (Å²) in [6.07, 6.45) is 0. The van der Waals surface area contributed by atoms with E-state index in [1.54, 1.807) is 16.7 Å². The number of halogens is 1. The first-order chi connectivity index (χ1) is 13.2. The van der Waals surface area contributed by atoms with Crippen molar-refractivity contribution in [3.05, 3.63) is 70.2 Å². The third-order valence-corrected chi connectivity index (χ3v) is 6.10. The molecule has 0 bridgehead atoms. The largest absolute Gasteiger partial charge is 0.350 e. The molecule has 4 nitrogen and oxygen atoms in total. The van der Waals surface area contributed by atoms with E-state index < -0.39 is 6.04 Å². The summed E-state index contributed by atoms with van der Waals surface area (Å²) in [7, 11) is 0. The second-order valence-electron chi connectivity index (χ2n) is 8.02. The van der Waals surface area contributed by atoms with Gasteiger partial charge in [0.2, 0.25) is 5.91 Å². The number of thioether (sulfide) groups is 1. The van der Waals surface area contributed by atoms with Crippen LogP contribution in [0, 0.1) is 6.92 Å². The summed E-state index contributed by atoms with van der Waals surface area (Å²) >= 11 is 7.78. The number of benzene rings is 2. The van der Waals surface area contributed by atoms with Crippen LogP contribution in [0.1, 0.15) is 47.6 Å². The predicted octanol–water partition coefficient (Wildman–Crippen LogP) is 4.82. The van der Waals surface area contributed by atoms with Gasteiger partial charge in [-0.15, -0.1) is 11.8 Å². The van der Waals surface area contributed by atoms with Gasteiger partial charge < -0.3 is 10.2 Å². The topological polar surface area (TPSA) is 49.4 Å². The molecule has 148 valence electrons. The van der Waals surface area contributed by atoms with Gasteiger partial charge in [-0.05, 0) is 57.0 Å². The van der Waals surface area contributed by atoms with Gasteiger partial charge in [0, 0.05) is 21.9 Å². The maximum absolute atomic E-state index is 13.5. The van der Waals surface area contributed by atoms with Crippen molar-refractivity contribution in [3.8, 4) is 0 Å². The van der Waals surface area contributed by atoms with Crippen molar-refractivity contribution in [2.24, 2.45) is 0 Å². The predicted molar refractivity (Wildman–Crippen MR) is 116 cm³/mol. The van der Waals surface area contributed by atoms with Gasteiger partial charge in [0.05, 0.1) is 0 Å². The van der Waals surface area contributed by atoms with Crippen LogP contribution in [-0.2, 0) is 4.79 Å². The monoisotopic (exact) mass is 416 g/mol. The molecule has 1 heterocycles. The second kappa shape index (κ2) is 8.18. The van der Waals surface area contributed by atoms with Crippen molar-refractivity contribution in [3.63, 3.8) is 0 Å². The molecule has 6 heteroatoms. The minimum atomic E-state index is -0.541. The quantitative estimate of drug-likeness (QED) is 0.780. The van der Waals surface area contributed by atoms with Gasteiger partial charge in [-0.1, -0.05) is 41.9 Å². The summed E-state index contributed by atoms with van der Waals surface area (Å²) in [5, 5.41) is 3.38. The molecule has 28 heavy (non-hydrogen) atoms. The first-order valence-corrected chi connectivity index (χ1v) is 10.7. The lowest BCUT2D eigenvalue weighted by Gasteiger charge is -2.31. The molecule has 2 atom stereocenters. The van der Waals surface area contributed by atoms with E-state index in [1.165, 1.54) is 0 Å². The van der Waals surface area contributed by atoms with Crippen molar-refractivity contribution in [2.75, 3.05) is 5.75 Å². The molecular weight excluding hydrogens is 392 g/mol. The lowest BCUT2D eigenvalue weighted by Crippen LogP contribution is -2.52. The SMILES string of the molecule is Cc1ccccc1C(=O)N1[C@@H](C(=O)NC(C)(C)C)CS[C@H]1c1cccc(Cl)c1. The van der Waals surface area contributed by atoms with Crippen LogP contribution in [0.2, 0.25) is 5.02 Å². The highest BCUT2D eigenvalue weighted by molar-refractivity contribution is 7.99. The normalized spacial score (nSPS) is 19.5. The van der Waals surface area contributed by atoms with Crippen molar-refractivity contribution in [1.82, 2.24) is 10.2 Å². The third-order valence-electron chi connectivity index (χ3n) is 4.55. The number of hydrogen-bond acceptors (Lipinski definition) is 3. The summed E-state index contributed by atoms with van der Waals surface area (Å²) in [6, 6.07) is 14.4. The van der Waals surface area contributed by atoms with E-state index in [9.17, 15) is 9.59 Å². The van der Waals surface area contributed by atoms with Crippen LogP contribution in [0.4, 0.5) is 0 Å². The molecule has 2 aromatic rings. The Morgan fingerprint density at radius 1 is 1.14 bits per heavy atom. The average molecular weight is 417 g/mol. The molecular formula is C22H25ClN2O2S. The van der Waals surface area contributed by atoms with Crippen molar-refractivity contribution < 1.29 is 9.59 Å². The zero-order valence-electron chi connectivity index (χ0n) is 16.5. The lowest BCUT2D eigenvalue weighted by molar-refractivity contribution is -0.126. The Labute approximate surface area is 175 Å². The minimum Gasteiger partial charge on any atom is -0.350 e. The van der Waals surface area contributed by atoms with Gasteiger partial charge in [0.1, 0.15) is 11.4 Å². The lowest BCUT2D eigenvalue weighted by atomic mass is 10.0. The maximum atomic E-state index is 13.5. The van der Waals surface area contributed by atoms with Gasteiger partial charge in [-0.25, -0.2) is 0 Å². The first kappa shape index (κ1) is 20.7. The molecule has 1 aliphatic rings. The van der Waals surface area contributed by atoms with Crippen LogP contribution >= 0.6 is 23.4 Å². The summed E-state index contributed by atoms with van der Waals surface area (Å²) < 4.78 is 0. The fourth-order valence-electron chi connectivity index (χ4n) is 3.28. The molecule has 3 rings (SSSR count). The molecule has 0 aromatic heterocycles. The first-order valence-electron chi connectivity index (χ1n) is 9.25. The molecule has 1 saturated heterocycles. The smallest absolute Gasteiger partial charge is 0.256 e. The molecule has 2 aromatic carbocycles. The fraction of sp³-hybridized carbons (Fsp3) is 0.364. The van der Waals surface area contributed by atoms with E-state index >= 15 is 0 Å². The van der Waals surface area contributed by atoms with Crippen LogP contribution in [-0.4, -0.2) is 34.0 Å². The van der Waals surface area contributed by atoms with Crippen LogP contribution < -0.4 is 5.32 Å². The maximum Gasteiger partial charge on any atom is 0.256 e. The second-order valence-corrected chi connectivity index (χ2v) is 9.57. The van der Waals surface area contributed by atoms with E-state index in [1.807, 2.05) is 76.2 Å². The van der Waals surface area contributed by atoms with Gasteiger partial charge in [-0.2, -0.15) is 0 Å². The number of hydrogen-bond donors (Lipinski definition) is 1. The Morgan fingerprint density at radius 3 is 2.50 bits per heavy atom. The Bertz CT molecular complexity index is 894. The standard InChI is InChI=1S/C22H25ClN2O2S/c1-14-8-5-6-11-17(14)20(27)25-18(19(26)24-22(2,3)4)13-28-21(25)15-9-7-10-16(23)12-15/h5-12,18,21H,13H2,1-4H3,(H,24,26)/t18-,21+/m1/s1. The third kappa shape index (κ3) is 4.53. The van der Waals surface area contributed by atoms with Gasteiger partial charge in [0.15, 0.2) is 0 Å². The van der Waals surface area contributed by atoms with E-state index in [-0.39, 0.29) is 22.7 Å². The molecule has 1 aliphatic heterocycles. The zero-order chi connectivity index (χ0) is 20.5. The number of nitrogens with one attached hydrogen (secondary N) is 1. The van der Waals surface area contributed by atoms with Crippen molar-refractivity contribution in [2.45, 2.75) is 44.6 Å². The van der Waals surface area contributed by atoms with Gasteiger partial charge >= 0.3 is 0 Å². The average Bonchev–Trinajstić information content (AvgIpc) is 3.05.